The van der Waals surface area contributed by atoms with E-state index >= 15 is 0 Å². The van der Waals surface area contributed by atoms with Crippen LogP contribution in [-0.2, 0) is 6.54 Å². The number of anilines is 1. The van der Waals surface area contributed by atoms with Gasteiger partial charge in [-0.05, 0) is 24.3 Å². The highest BCUT2D eigenvalue weighted by molar-refractivity contribution is 7.20. The largest absolute Gasteiger partial charge is 0.358 e. The van der Waals surface area contributed by atoms with E-state index in [0.29, 0.717) is 13.1 Å². The van der Waals surface area contributed by atoms with Crippen molar-refractivity contribution < 1.29 is 4.39 Å². The summed E-state index contributed by atoms with van der Waals surface area (Å²) in [5, 5.41) is 16.1. The molecule has 3 aromatic heterocycles. The van der Waals surface area contributed by atoms with E-state index in [9.17, 15) is 4.39 Å². The van der Waals surface area contributed by atoms with Gasteiger partial charge in [-0.15, -0.1) is 10.2 Å². The number of imidazole rings is 1. The fourth-order valence-corrected chi connectivity index (χ4v) is 2.97. The van der Waals surface area contributed by atoms with E-state index < -0.39 is 0 Å². The number of aromatic nitrogens is 6. The average molecular weight is 329 g/mol. The monoisotopic (exact) mass is 329 g/mol. The molecule has 4 aromatic rings. The number of fused-ring (bicyclic) bond motifs is 1. The number of hydrogen-bond donors (Lipinski definition) is 1. The highest BCUT2D eigenvalue weighted by Gasteiger charge is 2.09. The van der Waals surface area contributed by atoms with E-state index in [0.717, 1.165) is 21.3 Å². The summed E-state index contributed by atoms with van der Waals surface area (Å²) in [7, 11) is 0. The topological polar surface area (TPSA) is 72.9 Å². The molecule has 0 aliphatic carbocycles. The van der Waals surface area contributed by atoms with Crippen molar-refractivity contribution in [2.75, 3.05) is 11.9 Å². The van der Waals surface area contributed by atoms with Crippen LogP contribution < -0.4 is 5.32 Å². The second-order valence-corrected chi connectivity index (χ2v) is 5.82. The van der Waals surface area contributed by atoms with E-state index in [2.05, 4.69) is 25.7 Å². The third-order valence-electron chi connectivity index (χ3n) is 3.27. The maximum absolute atomic E-state index is 13.0. The Morgan fingerprint density at radius 1 is 1.22 bits per heavy atom. The Morgan fingerprint density at radius 2 is 2.09 bits per heavy atom. The third kappa shape index (κ3) is 2.90. The Kier molecular flexibility index (Phi) is 3.46. The molecule has 0 amide bonds. The fraction of sp³-hybridized carbons (Fsp3) is 0.143. The first-order valence-electron chi connectivity index (χ1n) is 6.98. The van der Waals surface area contributed by atoms with Crippen LogP contribution in [0.5, 0.6) is 0 Å². The van der Waals surface area contributed by atoms with Crippen LogP contribution in [0.15, 0.2) is 42.9 Å². The molecule has 3 heterocycles. The number of nitrogens with one attached hydrogen (secondary N) is 1. The van der Waals surface area contributed by atoms with Crippen molar-refractivity contribution in [3.8, 4) is 11.3 Å². The van der Waals surface area contributed by atoms with Crippen molar-refractivity contribution in [2.24, 2.45) is 0 Å². The van der Waals surface area contributed by atoms with E-state index in [1.807, 2.05) is 12.4 Å². The molecule has 0 unspecified atom stereocenters. The van der Waals surface area contributed by atoms with Crippen LogP contribution in [0.4, 0.5) is 9.52 Å². The van der Waals surface area contributed by atoms with Crippen LogP contribution in [-0.4, -0.2) is 36.1 Å². The number of hydrogen-bond acceptors (Lipinski definition) is 6. The summed E-state index contributed by atoms with van der Waals surface area (Å²) in [5.74, 6) is -0.258. The Hall–Kier alpha value is -2.81. The molecule has 0 aliphatic rings. The van der Waals surface area contributed by atoms with Crippen molar-refractivity contribution >= 4 is 21.4 Å². The van der Waals surface area contributed by atoms with Gasteiger partial charge in [-0.2, -0.15) is 0 Å². The van der Waals surface area contributed by atoms with Crippen molar-refractivity contribution in [2.45, 2.75) is 6.54 Å². The molecule has 0 aliphatic heterocycles. The molecule has 1 N–H and O–H groups in total. The summed E-state index contributed by atoms with van der Waals surface area (Å²) in [4.78, 5) is 5.31. The smallest absolute Gasteiger partial charge is 0.214 e. The molecule has 0 fully saturated rings. The molecule has 0 atom stereocenters. The van der Waals surface area contributed by atoms with Crippen molar-refractivity contribution in [3.05, 3.63) is 48.7 Å². The van der Waals surface area contributed by atoms with Crippen molar-refractivity contribution in [3.63, 3.8) is 0 Å². The lowest BCUT2D eigenvalue weighted by Crippen LogP contribution is -2.11. The molecular weight excluding hydrogens is 317 g/mol. The van der Waals surface area contributed by atoms with Crippen LogP contribution in [0.2, 0.25) is 0 Å². The first kappa shape index (κ1) is 13.8. The minimum atomic E-state index is -0.258. The molecule has 23 heavy (non-hydrogen) atoms. The van der Waals surface area contributed by atoms with Crippen LogP contribution in [0.1, 0.15) is 0 Å². The third-order valence-corrected chi connectivity index (χ3v) is 4.15. The normalized spacial score (nSPS) is 11.2. The highest BCUT2D eigenvalue weighted by atomic mass is 32.1. The van der Waals surface area contributed by atoms with Gasteiger partial charge in [0.05, 0.1) is 24.6 Å². The zero-order valence-electron chi connectivity index (χ0n) is 11.9. The highest BCUT2D eigenvalue weighted by Crippen LogP contribution is 2.24. The van der Waals surface area contributed by atoms with Gasteiger partial charge in [-0.25, -0.2) is 13.9 Å². The predicted molar refractivity (Wildman–Crippen MR) is 84.8 cm³/mol. The summed E-state index contributed by atoms with van der Waals surface area (Å²) in [6.07, 6.45) is 5.29. The first-order chi connectivity index (χ1) is 11.3. The lowest BCUT2D eigenvalue weighted by molar-refractivity contribution is 0.608. The van der Waals surface area contributed by atoms with Crippen LogP contribution in [0.25, 0.3) is 16.2 Å². The van der Waals surface area contributed by atoms with Gasteiger partial charge in [0.15, 0.2) is 0 Å². The fourth-order valence-electron chi connectivity index (χ4n) is 2.16. The SMILES string of the molecule is Fc1ccc(-c2cn3nc(NCCn4ccnn4)sc3n2)cc1. The van der Waals surface area contributed by atoms with Crippen molar-refractivity contribution in [1.29, 1.82) is 0 Å². The van der Waals surface area contributed by atoms with Gasteiger partial charge in [0.1, 0.15) is 5.82 Å². The standard InChI is InChI=1S/C14H12FN7S/c15-11-3-1-10(2-4-11)12-9-22-14(18-12)23-13(19-22)16-5-7-21-8-6-17-20-21/h1-4,6,8-9H,5,7H2,(H,16,19). The molecule has 9 heteroatoms. The number of rotatable bonds is 5. The molecule has 1 aromatic carbocycles. The average Bonchev–Trinajstić information content (AvgIpc) is 3.24. The lowest BCUT2D eigenvalue weighted by Gasteiger charge is -2.01. The number of benzene rings is 1. The summed E-state index contributed by atoms with van der Waals surface area (Å²) in [6, 6.07) is 6.26. The van der Waals surface area contributed by atoms with Gasteiger partial charge in [-0.3, -0.25) is 4.68 Å². The molecule has 0 saturated carbocycles. The minimum Gasteiger partial charge on any atom is -0.358 e. The minimum absolute atomic E-state index is 0.258. The second kappa shape index (κ2) is 5.76. The molecule has 0 saturated heterocycles. The summed E-state index contributed by atoms with van der Waals surface area (Å²) >= 11 is 1.46. The Balaban J connectivity index is 1.47. The van der Waals surface area contributed by atoms with Gasteiger partial charge in [0.2, 0.25) is 10.1 Å². The zero-order chi connectivity index (χ0) is 15.6. The molecule has 116 valence electrons. The molecule has 0 radical (unpaired) electrons. The lowest BCUT2D eigenvalue weighted by atomic mass is 10.2. The second-order valence-electron chi connectivity index (χ2n) is 4.86. The number of halogens is 1. The molecule has 7 nitrogen and oxygen atoms in total. The quantitative estimate of drug-likeness (QED) is 0.608. The molecule has 4 rings (SSSR count). The maximum Gasteiger partial charge on any atom is 0.214 e. The molecule has 0 spiro atoms. The Labute approximate surface area is 134 Å². The van der Waals surface area contributed by atoms with Gasteiger partial charge < -0.3 is 5.32 Å². The van der Waals surface area contributed by atoms with Gasteiger partial charge >= 0.3 is 0 Å². The first-order valence-corrected chi connectivity index (χ1v) is 7.80. The van der Waals surface area contributed by atoms with Gasteiger partial charge in [0.25, 0.3) is 0 Å². The maximum atomic E-state index is 13.0. The Morgan fingerprint density at radius 3 is 2.83 bits per heavy atom. The predicted octanol–water partition coefficient (Wildman–Crippen LogP) is 2.30. The summed E-state index contributed by atoms with van der Waals surface area (Å²) < 4.78 is 16.4. The van der Waals surface area contributed by atoms with Crippen LogP contribution in [0, 0.1) is 5.82 Å². The van der Waals surface area contributed by atoms with Gasteiger partial charge in [-0.1, -0.05) is 16.6 Å². The Bertz CT molecular complexity index is 879. The van der Waals surface area contributed by atoms with E-state index in [1.165, 1.54) is 23.5 Å². The summed E-state index contributed by atoms with van der Waals surface area (Å²) in [6.45, 7) is 1.41. The van der Waals surface area contributed by atoms with Crippen LogP contribution in [0.3, 0.4) is 0 Å². The number of nitrogens with zero attached hydrogens (tertiary/aromatic N) is 6. The van der Waals surface area contributed by atoms with Gasteiger partial charge in [0, 0.05) is 18.3 Å². The van der Waals surface area contributed by atoms with E-state index in [4.69, 9.17) is 0 Å². The van der Waals surface area contributed by atoms with Crippen LogP contribution >= 0.6 is 11.3 Å². The molecular formula is C14H12FN7S. The zero-order valence-corrected chi connectivity index (χ0v) is 12.7. The van der Waals surface area contributed by atoms with E-state index in [-0.39, 0.29) is 5.82 Å². The molecule has 0 bridgehead atoms. The van der Waals surface area contributed by atoms with E-state index in [1.54, 1.807) is 27.5 Å². The summed E-state index contributed by atoms with van der Waals surface area (Å²) in [5.41, 5.74) is 1.64. The van der Waals surface area contributed by atoms with Crippen molar-refractivity contribution in [1.82, 2.24) is 29.6 Å².